The minimum Gasteiger partial charge on any atom is -0.334 e. The van der Waals surface area contributed by atoms with Crippen LogP contribution in [-0.4, -0.2) is 29.0 Å². The molecule has 3 heterocycles. The first-order chi connectivity index (χ1) is 10.3. The first kappa shape index (κ1) is 12.4. The quantitative estimate of drug-likeness (QED) is 0.790. The van der Waals surface area contributed by atoms with Crippen LogP contribution in [0, 0.1) is 0 Å². The Morgan fingerprint density at radius 1 is 1.14 bits per heavy atom. The summed E-state index contributed by atoms with van der Waals surface area (Å²) in [5.41, 5.74) is 1.20. The summed E-state index contributed by atoms with van der Waals surface area (Å²) < 4.78 is 0. The van der Waals surface area contributed by atoms with Crippen molar-refractivity contribution in [3.8, 4) is 0 Å². The third-order valence-electron chi connectivity index (χ3n) is 4.17. The SMILES string of the molecule is CC1CCC2C(=N1)N1C=CC=NC1=CN2c1ccccc1. The molecule has 1 aromatic rings. The Hall–Kier alpha value is -2.36. The van der Waals surface area contributed by atoms with Crippen molar-refractivity contribution in [2.45, 2.75) is 31.8 Å². The number of anilines is 1. The van der Waals surface area contributed by atoms with Gasteiger partial charge in [0.15, 0.2) is 5.82 Å². The van der Waals surface area contributed by atoms with Gasteiger partial charge in [0.25, 0.3) is 0 Å². The summed E-state index contributed by atoms with van der Waals surface area (Å²) in [7, 11) is 0. The zero-order valence-electron chi connectivity index (χ0n) is 12.1. The van der Waals surface area contributed by atoms with Crippen LogP contribution >= 0.6 is 0 Å². The number of allylic oxidation sites excluding steroid dienone is 1. The maximum absolute atomic E-state index is 4.90. The van der Waals surface area contributed by atoms with Crippen LogP contribution in [-0.2, 0) is 0 Å². The molecule has 4 heteroatoms. The Bertz CT molecular complexity index is 657. The number of hydrogen-bond acceptors (Lipinski definition) is 4. The van der Waals surface area contributed by atoms with Crippen LogP contribution in [0.3, 0.4) is 0 Å². The lowest BCUT2D eigenvalue weighted by atomic mass is 9.98. The molecule has 1 aromatic carbocycles. The van der Waals surface area contributed by atoms with E-state index in [-0.39, 0.29) is 0 Å². The van der Waals surface area contributed by atoms with Crippen molar-refractivity contribution in [3.05, 3.63) is 54.6 Å². The largest absolute Gasteiger partial charge is 0.334 e. The summed E-state index contributed by atoms with van der Waals surface area (Å²) in [6.07, 6.45) is 10.2. The highest BCUT2D eigenvalue weighted by Gasteiger charge is 2.36. The lowest BCUT2D eigenvalue weighted by molar-refractivity contribution is 0.490. The zero-order valence-corrected chi connectivity index (χ0v) is 12.1. The van der Waals surface area contributed by atoms with E-state index >= 15 is 0 Å². The molecule has 0 N–H and O–H groups in total. The third kappa shape index (κ3) is 2.07. The predicted octanol–water partition coefficient (Wildman–Crippen LogP) is 3.16. The molecule has 4 rings (SSSR count). The summed E-state index contributed by atoms with van der Waals surface area (Å²) in [5.74, 6) is 2.05. The number of amidine groups is 1. The highest BCUT2D eigenvalue weighted by atomic mass is 15.4. The minimum atomic E-state index is 0.297. The van der Waals surface area contributed by atoms with Gasteiger partial charge in [-0.25, -0.2) is 4.99 Å². The minimum absolute atomic E-state index is 0.297. The van der Waals surface area contributed by atoms with Gasteiger partial charge in [-0.1, -0.05) is 18.2 Å². The molecule has 2 atom stereocenters. The highest BCUT2D eigenvalue weighted by molar-refractivity contribution is 5.96. The standard InChI is InChI=1S/C17H18N4/c1-13-8-9-15-17(19-13)20-11-5-10-18-16(20)12-21(15)14-6-3-2-4-7-14/h2-7,10-13,15H,8-9H2,1H3. The van der Waals surface area contributed by atoms with Gasteiger partial charge in [-0.3, -0.25) is 9.89 Å². The number of rotatable bonds is 1. The van der Waals surface area contributed by atoms with Gasteiger partial charge in [0, 0.05) is 30.3 Å². The molecular formula is C17H18N4. The molecule has 4 nitrogen and oxygen atoms in total. The first-order valence-corrected chi connectivity index (χ1v) is 7.46. The van der Waals surface area contributed by atoms with Crippen molar-refractivity contribution >= 4 is 17.7 Å². The van der Waals surface area contributed by atoms with Crippen LogP contribution in [0.25, 0.3) is 0 Å². The molecule has 0 aliphatic carbocycles. The van der Waals surface area contributed by atoms with Crippen LogP contribution in [0.15, 0.2) is 64.6 Å². The Balaban J connectivity index is 1.83. The van der Waals surface area contributed by atoms with Crippen molar-refractivity contribution in [2.75, 3.05) is 4.90 Å². The van der Waals surface area contributed by atoms with Gasteiger partial charge in [0.05, 0.1) is 6.04 Å². The number of fused-ring (bicyclic) bond motifs is 3. The summed E-state index contributed by atoms with van der Waals surface area (Å²) in [4.78, 5) is 13.8. The fraction of sp³-hybridized carbons (Fsp3) is 0.294. The maximum Gasteiger partial charge on any atom is 0.154 e. The fourth-order valence-corrected chi connectivity index (χ4v) is 3.13. The van der Waals surface area contributed by atoms with E-state index in [1.54, 1.807) is 0 Å². The van der Waals surface area contributed by atoms with E-state index in [4.69, 9.17) is 4.99 Å². The van der Waals surface area contributed by atoms with Crippen molar-refractivity contribution in [2.24, 2.45) is 9.98 Å². The molecule has 0 bridgehead atoms. The van der Waals surface area contributed by atoms with Crippen LogP contribution in [0.4, 0.5) is 5.69 Å². The number of benzene rings is 1. The van der Waals surface area contributed by atoms with Crippen LogP contribution < -0.4 is 4.90 Å². The number of nitrogens with zero attached hydrogens (tertiary/aromatic N) is 4. The smallest absolute Gasteiger partial charge is 0.154 e. The predicted molar refractivity (Wildman–Crippen MR) is 86.4 cm³/mol. The van der Waals surface area contributed by atoms with Gasteiger partial charge < -0.3 is 4.90 Å². The normalized spacial score (nSPS) is 26.9. The number of hydrogen-bond donors (Lipinski definition) is 0. The molecule has 0 fully saturated rings. The second-order valence-corrected chi connectivity index (χ2v) is 5.65. The average molecular weight is 278 g/mol. The molecule has 21 heavy (non-hydrogen) atoms. The lowest BCUT2D eigenvalue weighted by Crippen LogP contribution is -2.51. The molecule has 3 aliphatic rings. The molecule has 3 aliphatic heterocycles. The van der Waals surface area contributed by atoms with Crippen LogP contribution in [0.5, 0.6) is 0 Å². The Labute approximate surface area is 124 Å². The molecule has 0 radical (unpaired) electrons. The number of aliphatic imine (C=N–C) groups is 2. The van der Waals surface area contributed by atoms with E-state index in [2.05, 4.69) is 58.4 Å². The Morgan fingerprint density at radius 2 is 2.00 bits per heavy atom. The van der Waals surface area contributed by atoms with E-state index in [9.17, 15) is 0 Å². The summed E-state index contributed by atoms with van der Waals surface area (Å²) in [6.45, 7) is 2.19. The number of para-hydroxylation sites is 1. The van der Waals surface area contributed by atoms with E-state index in [1.165, 1.54) is 5.69 Å². The van der Waals surface area contributed by atoms with Gasteiger partial charge in [-0.05, 0) is 38.0 Å². The zero-order chi connectivity index (χ0) is 14.2. The third-order valence-corrected chi connectivity index (χ3v) is 4.17. The molecular weight excluding hydrogens is 260 g/mol. The van der Waals surface area contributed by atoms with E-state index in [0.29, 0.717) is 12.1 Å². The molecule has 2 unspecified atom stereocenters. The van der Waals surface area contributed by atoms with Gasteiger partial charge in [-0.2, -0.15) is 0 Å². The Kier molecular flexibility index (Phi) is 2.88. The average Bonchev–Trinajstić information content (AvgIpc) is 2.55. The van der Waals surface area contributed by atoms with Crippen molar-refractivity contribution < 1.29 is 0 Å². The maximum atomic E-state index is 4.90. The summed E-state index contributed by atoms with van der Waals surface area (Å²) >= 11 is 0. The molecule has 0 saturated heterocycles. The molecule has 0 saturated carbocycles. The van der Waals surface area contributed by atoms with Crippen molar-refractivity contribution in [1.82, 2.24) is 4.90 Å². The highest BCUT2D eigenvalue weighted by Crippen LogP contribution is 2.32. The second-order valence-electron chi connectivity index (χ2n) is 5.65. The van der Waals surface area contributed by atoms with E-state index < -0.39 is 0 Å². The summed E-state index contributed by atoms with van der Waals surface area (Å²) in [6, 6.07) is 11.2. The van der Waals surface area contributed by atoms with Gasteiger partial charge in [0.2, 0.25) is 0 Å². The molecule has 0 aromatic heterocycles. The molecule has 0 amide bonds. The van der Waals surface area contributed by atoms with Gasteiger partial charge >= 0.3 is 0 Å². The van der Waals surface area contributed by atoms with Crippen LogP contribution in [0.1, 0.15) is 19.8 Å². The van der Waals surface area contributed by atoms with Gasteiger partial charge in [0.1, 0.15) is 5.84 Å². The van der Waals surface area contributed by atoms with E-state index in [0.717, 1.165) is 24.5 Å². The lowest BCUT2D eigenvalue weighted by Gasteiger charge is -2.43. The topological polar surface area (TPSA) is 31.2 Å². The molecule has 106 valence electrons. The van der Waals surface area contributed by atoms with Crippen molar-refractivity contribution in [1.29, 1.82) is 0 Å². The molecule has 0 spiro atoms. The monoisotopic (exact) mass is 278 g/mol. The first-order valence-electron chi connectivity index (χ1n) is 7.46. The Morgan fingerprint density at radius 3 is 2.86 bits per heavy atom. The van der Waals surface area contributed by atoms with Crippen molar-refractivity contribution in [3.63, 3.8) is 0 Å². The fourth-order valence-electron chi connectivity index (χ4n) is 3.13. The second kappa shape index (κ2) is 4.88. The van der Waals surface area contributed by atoms with Gasteiger partial charge in [-0.15, -0.1) is 0 Å². The van der Waals surface area contributed by atoms with E-state index in [1.807, 2.05) is 18.4 Å². The van der Waals surface area contributed by atoms with Crippen LogP contribution in [0.2, 0.25) is 0 Å². The summed E-state index contributed by atoms with van der Waals surface area (Å²) in [5, 5.41) is 0.